The number of halogens is 1. The fourth-order valence-electron chi connectivity index (χ4n) is 2.24. The Hall–Kier alpha value is -1.47. The van der Waals surface area contributed by atoms with Gasteiger partial charge in [-0.3, -0.25) is 10.1 Å². The number of hydrogen-bond acceptors (Lipinski definition) is 4. The van der Waals surface area contributed by atoms with E-state index in [1.807, 2.05) is 0 Å². The van der Waals surface area contributed by atoms with Gasteiger partial charge < -0.3 is 5.32 Å². The van der Waals surface area contributed by atoms with Crippen LogP contribution in [-0.4, -0.2) is 33.2 Å². The van der Waals surface area contributed by atoms with Gasteiger partial charge in [0.25, 0.3) is 0 Å². The second kappa shape index (κ2) is 5.49. The molecule has 0 saturated carbocycles. The highest BCUT2D eigenvalue weighted by atomic mass is 32.2. The van der Waals surface area contributed by atoms with Gasteiger partial charge in [0.1, 0.15) is 10.7 Å². The Morgan fingerprint density at radius 2 is 2.15 bits per heavy atom. The topological polar surface area (TPSA) is 75.3 Å². The molecule has 1 amide bonds. The lowest BCUT2D eigenvalue weighted by Gasteiger charge is -2.18. The van der Waals surface area contributed by atoms with Crippen molar-refractivity contribution in [2.24, 2.45) is 0 Å². The van der Waals surface area contributed by atoms with Crippen molar-refractivity contribution in [1.29, 1.82) is 0 Å². The number of benzene rings is 1. The van der Waals surface area contributed by atoms with Crippen molar-refractivity contribution in [3.8, 4) is 0 Å². The first-order chi connectivity index (χ1) is 9.29. The van der Waals surface area contributed by atoms with Crippen LogP contribution in [0.25, 0.3) is 0 Å². The van der Waals surface area contributed by atoms with Crippen molar-refractivity contribution in [1.82, 2.24) is 10.6 Å². The van der Waals surface area contributed by atoms with E-state index in [2.05, 4.69) is 10.6 Å². The molecule has 2 atom stereocenters. The molecule has 1 fully saturated rings. The van der Waals surface area contributed by atoms with Crippen LogP contribution in [0.4, 0.5) is 4.39 Å². The third-order valence-corrected chi connectivity index (χ3v) is 4.49. The molecule has 110 valence electrons. The van der Waals surface area contributed by atoms with E-state index in [0.717, 1.165) is 6.26 Å². The van der Waals surface area contributed by atoms with Crippen LogP contribution in [-0.2, 0) is 14.6 Å². The molecule has 1 saturated heterocycles. The zero-order valence-electron chi connectivity index (χ0n) is 11.3. The summed E-state index contributed by atoms with van der Waals surface area (Å²) in [7, 11) is -3.57. The number of amides is 1. The number of nitrogens with one attached hydrogen (secondary N) is 2. The highest BCUT2D eigenvalue weighted by Crippen LogP contribution is 2.21. The van der Waals surface area contributed by atoms with Gasteiger partial charge in [0, 0.05) is 18.8 Å². The highest BCUT2D eigenvalue weighted by Gasteiger charge is 2.26. The minimum absolute atomic E-state index is 0.0647. The van der Waals surface area contributed by atoms with E-state index in [-0.39, 0.29) is 22.9 Å². The maximum Gasteiger partial charge on any atom is 0.237 e. The van der Waals surface area contributed by atoms with Crippen molar-refractivity contribution in [3.05, 3.63) is 29.6 Å². The van der Waals surface area contributed by atoms with E-state index in [4.69, 9.17) is 0 Å². The fourth-order valence-corrected chi connectivity index (χ4v) is 2.97. The van der Waals surface area contributed by atoms with Crippen LogP contribution in [0, 0.1) is 5.82 Å². The van der Waals surface area contributed by atoms with E-state index < -0.39 is 15.7 Å². The lowest BCUT2D eigenvalue weighted by Crippen LogP contribution is -2.37. The molecule has 1 aliphatic heterocycles. The predicted molar refractivity (Wildman–Crippen MR) is 72.5 cm³/mol. The Balaban J connectivity index is 2.17. The smallest absolute Gasteiger partial charge is 0.237 e. The molecule has 20 heavy (non-hydrogen) atoms. The second-order valence-corrected chi connectivity index (χ2v) is 6.97. The molecule has 2 N–H and O–H groups in total. The number of sulfone groups is 1. The van der Waals surface area contributed by atoms with Crippen LogP contribution >= 0.6 is 0 Å². The molecule has 0 aliphatic carbocycles. The van der Waals surface area contributed by atoms with Gasteiger partial charge in [-0.25, -0.2) is 12.8 Å². The van der Waals surface area contributed by atoms with Crippen molar-refractivity contribution in [3.63, 3.8) is 0 Å². The fraction of sp³-hybridized carbons (Fsp3) is 0.462. The minimum atomic E-state index is -3.57. The van der Waals surface area contributed by atoms with Crippen LogP contribution in [0.5, 0.6) is 0 Å². The summed E-state index contributed by atoms with van der Waals surface area (Å²) < 4.78 is 36.5. The number of rotatable bonds is 4. The van der Waals surface area contributed by atoms with Crippen molar-refractivity contribution in [2.75, 3.05) is 12.8 Å². The first-order valence-corrected chi connectivity index (χ1v) is 8.21. The van der Waals surface area contributed by atoms with Gasteiger partial charge in [-0.15, -0.1) is 0 Å². The summed E-state index contributed by atoms with van der Waals surface area (Å²) in [5, 5.41) is 5.81. The lowest BCUT2D eigenvalue weighted by atomic mass is 10.1. The summed E-state index contributed by atoms with van der Waals surface area (Å²) in [6, 6.07) is 3.48. The third-order valence-electron chi connectivity index (χ3n) is 3.36. The predicted octanol–water partition coefficient (Wildman–Crippen LogP) is 0.768. The molecule has 2 rings (SSSR count). The van der Waals surface area contributed by atoms with Gasteiger partial charge >= 0.3 is 0 Å². The van der Waals surface area contributed by atoms with E-state index in [1.165, 1.54) is 12.1 Å². The van der Waals surface area contributed by atoms with Crippen LogP contribution in [0.2, 0.25) is 0 Å². The third kappa shape index (κ3) is 3.16. The summed E-state index contributed by atoms with van der Waals surface area (Å²) in [6.07, 6.45) is 1.66. The quantitative estimate of drug-likeness (QED) is 0.861. The minimum Gasteiger partial charge on any atom is -0.355 e. The SMILES string of the molecule is C[C@@H](N[C@@H]1CCNC1=O)c1ccc(S(C)(=O)=O)c(F)c1. The Bertz CT molecular complexity index is 631. The van der Waals surface area contributed by atoms with Crippen LogP contribution in [0.1, 0.15) is 24.9 Å². The van der Waals surface area contributed by atoms with Gasteiger partial charge in [-0.1, -0.05) is 6.07 Å². The molecule has 1 aliphatic rings. The zero-order valence-corrected chi connectivity index (χ0v) is 12.1. The average Bonchev–Trinajstić information content (AvgIpc) is 2.73. The second-order valence-electron chi connectivity index (χ2n) is 4.98. The number of carbonyl (C=O) groups is 1. The standard InChI is InChI=1S/C13H17FN2O3S/c1-8(16-11-5-6-15-13(11)17)9-3-4-12(10(14)7-9)20(2,18)19/h3-4,7-8,11,16H,5-6H2,1-2H3,(H,15,17)/t8-,11-/m1/s1. The van der Waals surface area contributed by atoms with Gasteiger partial charge in [0.2, 0.25) is 5.91 Å². The van der Waals surface area contributed by atoms with Crippen LogP contribution < -0.4 is 10.6 Å². The molecule has 5 nitrogen and oxygen atoms in total. The molecule has 0 unspecified atom stereocenters. The van der Waals surface area contributed by atoms with E-state index in [1.54, 1.807) is 13.0 Å². The van der Waals surface area contributed by atoms with Crippen LogP contribution in [0.3, 0.4) is 0 Å². The first-order valence-electron chi connectivity index (χ1n) is 6.32. The van der Waals surface area contributed by atoms with Crippen molar-refractivity contribution < 1.29 is 17.6 Å². The molecule has 0 spiro atoms. The molecule has 1 heterocycles. The largest absolute Gasteiger partial charge is 0.355 e. The lowest BCUT2D eigenvalue weighted by molar-refractivity contribution is -0.121. The normalized spacial score (nSPS) is 20.8. The van der Waals surface area contributed by atoms with Crippen molar-refractivity contribution >= 4 is 15.7 Å². The number of hydrogen-bond donors (Lipinski definition) is 2. The molecule has 0 aromatic heterocycles. The van der Waals surface area contributed by atoms with Gasteiger partial charge in [-0.05, 0) is 31.0 Å². The summed E-state index contributed by atoms with van der Waals surface area (Å²) in [4.78, 5) is 11.2. The van der Waals surface area contributed by atoms with E-state index in [9.17, 15) is 17.6 Å². The van der Waals surface area contributed by atoms with Gasteiger partial charge in [0.05, 0.1) is 6.04 Å². The molecular weight excluding hydrogens is 283 g/mol. The molecule has 0 bridgehead atoms. The van der Waals surface area contributed by atoms with Gasteiger partial charge in [0.15, 0.2) is 9.84 Å². The summed E-state index contributed by atoms with van der Waals surface area (Å²) in [5.74, 6) is -0.834. The summed E-state index contributed by atoms with van der Waals surface area (Å²) >= 11 is 0. The Kier molecular flexibility index (Phi) is 4.10. The molecule has 1 aromatic rings. The molecule has 7 heteroatoms. The van der Waals surface area contributed by atoms with E-state index >= 15 is 0 Å². The summed E-state index contributed by atoms with van der Waals surface area (Å²) in [5.41, 5.74) is 0.606. The maximum atomic E-state index is 13.8. The first kappa shape index (κ1) is 14.9. The molecule has 0 radical (unpaired) electrons. The number of carbonyl (C=O) groups excluding carboxylic acids is 1. The molecular formula is C13H17FN2O3S. The summed E-state index contributed by atoms with van der Waals surface area (Å²) in [6.45, 7) is 2.44. The van der Waals surface area contributed by atoms with Gasteiger partial charge in [-0.2, -0.15) is 0 Å². The monoisotopic (exact) mass is 300 g/mol. The van der Waals surface area contributed by atoms with E-state index in [0.29, 0.717) is 18.5 Å². The average molecular weight is 300 g/mol. The molecule has 1 aromatic carbocycles. The highest BCUT2D eigenvalue weighted by molar-refractivity contribution is 7.90. The zero-order chi connectivity index (χ0) is 14.9. The maximum absolute atomic E-state index is 13.8. The van der Waals surface area contributed by atoms with Crippen LogP contribution in [0.15, 0.2) is 23.1 Å². The van der Waals surface area contributed by atoms with Crippen molar-refractivity contribution in [2.45, 2.75) is 30.3 Å². The Morgan fingerprint density at radius 3 is 2.65 bits per heavy atom. The Morgan fingerprint density at radius 1 is 1.45 bits per heavy atom. The Labute approximate surface area is 117 Å².